The van der Waals surface area contributed by atoms with Crippen molar-refractivity contribution in [1.29, 1.82) is 0 Å². The second kappa shape index (κ2) is 12.3. The van der Waals surface area contributed by atoms with Crippen LogP contribution in [0.25, 0.3) is 0 Å². The number of ether oxygens (including phenoxy) is 1. The molecule has 1 atom stereocenters. The van der Waals surface area contributed by atoms with E-state index >= 15 is 0 Å². The number of hydroxylamine groups is 2. The fourth-order valence-corrected chi connectivity index (χ4v) is 4.78. The number of nitrogens with one attached hydrogen (secondary N) is 1. The monoisotopic (exact) mass is 547 g/mol. The van der Waals surface area contributed by atoms with Gasteiger partial charge in [-0.3, -0.25) is 19.5 Å². The molecule has 1 aliphatic carbocycles. The SMILES string of the molecule is COC1=CN(O)C=CC1=C1C=CC(=NC(=O)[C@@H](NC(=O)c2ccnn2C)C(c2ccccc2)c2ccccc2)C=C1. The molecule has 0 fully saturated rings. The van der Waals surface area contributed by atoms with Gasteiger partial charge >= 0.3 is 0 Å². The van der Waals surface area contributed by atoms with Crippen LogP contribution < -0.4 is 5.32 Å². The van der Waals surface area contributed by atoms with E-state index in [0.29, 0.717) is 17.2 Å². The summed E-state index contributed by atoms with van der Waals surface area (Å²) in [4.78, 5) is 31.7. The number of allylic oxidation sites excluding steroid dienone is 6. The van der Waals surface area contributed by atoms with Gasteiger partial charge in [0.05, 0.1) is 19.0 Å². The summed E-state index contributed by atoms with van der Waals surface area (Å²) in [6.45, 7) is 0. The lowest BCUT2D eigenvalue weighted by molar-refractivity contribution is -0.119. The Labute approximate surface area is 237 Å². The van der Waals surface area contributed by atoms with Crippen molar-refractivity contribution in [3.63, 3.8) is 0 Å². The molecule has 0 unspecified atom stereocenters. The van der Waals surface area contributed by atoms with Gasteiger partial charge in [-0.2, -0.15) is 5.10 Å². The fraction of sp³-hybridized carbons (Fsp3) is 0.125. The molecule has 3 aromatic rings. The number of methoxy groups -OCH3 is 1. The Morgan fingerprint density at radius 2 is 1.56 bits per heavy atom. The average Bonchev–Trinajstić information content (AvgIpc) is 3.44. The number of hydrogen-bond acceptors (Lipinski definition) is 6. The molecule has 2 aliphatic rings. The summed E-state index contributed by atoms with van der Waals surface area (Å²) >= 11 is 0. The molecule has 2 heterocycles. The predicted octanol–water partition coefficient (Wildman–Crippen LogP) is 4.45. The van der Waals surface area contributed by atoms with Crippen LogP contribution in [0.4, 0.5) is 0 Å². The van der Waals surface area contributed by atoms with Crippen molar-refractivity contribution in [1.82, 2.24) is 20.2 Å². The van der Waals surface area contributed by atoms with Gasteiger partial charge in [0.2, 0.25) is 0 Å². The van der Waals surface area contributed by atoms with E-state index in [1.54, 1.807) is 31.3 Å². The molecule has 9 heteroatoms. The van der Waals surface area contributed by atoms with Crippen LogP contribution in [0.1, 0.15) is 27.5 Å². The van der Waals surface area contributed by atoms with E-state index in [1.165, 1.54) is 30.4 Å². The molecule has 0 bridgehead atoms. The Morgan fingerprint density at radius 1 is 0.927 bits per heavy atom. The van der Waals surface area contributed by atoms with Crippen molar-refractivity contribution in [2.75, 3.05) is 7.11 Å². The number of rotatable bonds is 7. The molecule has 0 saturated carbocycles. The van der Waals surface area contributed by atoms with Gasteiger partial charge in [-0.15, -0.1) is 0 Å². The summed E-state index contributed by atoms with van der Waals surface area (Å²) in [6, 6.07) is 19.8. The number of amides is 2. The molecular weight excluding hydrogens is 518 g/mol. The number of nitrogens with zero attached hydrogens (tertiary/aromatic N) is 4. The molecule has 2 N–H and O–H groups in total. The highest BCUT2D eigenvalue weighted by Crippen LogP contribution is 2.30. The summed E-state index contributed by atoms with van der Waals surface area (Å²) in [5.74, 6) is -0.932. The van der Waals surface area contributed by atoms with Gasteiger partial charge in [-0.1, -0.05) is 72.8 Å². The first-order valence-corrected chi connectivity index (χ1v) is 13.0. The van der Waals surface area contributed by atoms with Gasteiger partial charge in [0.1, 0.15) is 17.5 Å². The average molecular weight is 548 g/mol. The molecule has 5 rings (SSSR count). The molecular formula is C32H29N5O4. The van der Waals surface area contributed by atoms with Crippen molar-refractivity contribution in [2.45, 2.75) is 12.0 Å². The highest BCUT2D eigenvalue weighted by molar-refractivity contribution is 6.12. The molecule has 41 heavy (non-hydrogen) atoms. The standard InChI is InChI=1S/C32H29N5O4/c1-36-27(17-19-33-36)31(38)35-30(29(23-9-5-3-6-10-23)24-11-7-4-8-12-24)32(39)34-25-15-13-22(14-16-25)26-18-20-37(40)21-28(26)41-2/h3-21,29-30,40H,1-2H3,(H,35,38)/t30-/m0/s1. The number of carbonyl (C=O) groups excluding carboxylic acids is 2. The Kier molecular flexibility index (Phi) is 8.17. The fourth-order valence-electron chi connectivity index (χ4n) is 4.78. The molecule has 206 valence electrons. The summed E-state index contributed by atoms with van der Waals surface area (Å²) in [7, 11) is 3.20. The lowest BCUT2D eigenvalue weighted by Gasteiger charge is -2.27. The Morgan fingerprint density at radius 3 is 2.12 bits per heavy atom. The topological polar surface area (TPSA) is 109 Å². The van der Waals surface area contributed by atoms with E-state index in [0.717, 1.165) is 27.3 Å². The summed E-state index contributed by atoms with van der Waals surface area (Å²) < 4.78 is 6.85. The highest BCUT2D eigenvalue weighted by atomic mass is 16.5. The van der Waals surface area contributed by atoms with Gasteiger partial charge < -0.3 is 10.1 Å². The lowest BCUT2D eigenvalue weighted by atomic mass is 9.84. The van der Waals surface area contributed by atoms with Crippen LogP contribution in [-0.4, -0.2) is 50.7 Å². The van der Waals surface area contributed by atoms with Crippen LogP contribution in [0.3, 0.4) is 0 Å². The molecule has 0 spiro atoms. The van der Waals surface area contributed by atoms with Crippen LogP contribution >= 0.6 is 0 Å². The summed E-state index contributed by atoms with van der Waals surface area (Å²) in [5, 5.41) is 17.7. The molecule has 2 aromatic carbocycles. The van der Waals surface area contributed by atoms with Crippen LogP contribution in [0, 0.1) is 0 Å². The van der Waals surface area contributed by atoms with Crippen molar-refractivity contribution >= 4 is 17.5 Å². The largest absolute Gasteiger partial charge is 0.494 e. The quantitative estimate of drug-likeness (QED) is 0.453. The first kappa shape index (κ1) is 27.3. The highest BCUT2D eigenvalue weighted by Gasteiger charge is 2.33. The van der Waals surface area contributed by atoms with Gasteiger partial charge in [-0.05, 0) is 41.0 Å². The maximum atomic E-state index is 13.9. The molecule has 1 aliphatic heterocycles. The Balaban J connectivity index is 1.51. The molecule has 2 amide bonds. The smallest absolute Gasteiger partial charge is 0.270 e. The van der Waals surface area contributed by atoms with Gasteiger partial charge in [0.15, 0.2) is 0 Å². The third kappa shape index (κ3) is 6.15. The summed E-state index contributed by atoms with van der Waals surface area (Å²) in [5.41, 5.74) is 4.08. The number of aliphatic imine (C=N–C) groups is 1. The van der Waals surface area contributed by atoms with Gasteiger partial charge in [0.25, 0.3) is 11.8 Å². The van der Waals surface area contributed by atoms with E-state index in [9.17, 15) is 14.8 Å². The molecule has 0 radical (unpaired) electrons. The molecule has 0 saturated heterocycles. The van der Waals surface area contributed by atoms with Crippen molar-refractivity contribution < 1.29 is 19.5 Å². The Hall–Kier alpha value is -5.28. The minimum atomic E-state index is -1.00. The lowest BCUT2D eigenvalue weighted by Crippen LogP contribution is -2.45. The van der Waals surface area contributed by atoms with E-state index in [2.05, 4.69) is 15.4 Å². The normalized spacial score (nSPS) is 15.2. The zero-order valence-electron chi connectivity index (χ0n) is 22.6. The van der Waals surface area contributed by atoms with E-state index in [-0.39, 0.29) is 0 Å². The first-order valence-electron chi connectivity index (χ1n) is 13.0. The zero-order valence-corrected chi connectivity index (χ0v) is 22.6. The second-order valence-corrected chi connectivity index (χ2v) is 9.39. The third-order valence-electron chi connectivity index (χ3n) is 6.80. The first-order chi connectivity index (χ1) is 19.9. The Bertz CT molecular complexity index is 1560. The molecule has 1 aromatic heterocycles. The van der Waals surface area contributed by atoms with E-state index < -0.39 is 23.8 Å². The minimum absolute atomic E-state index is 0.327. The van der Waals surface area contributed by atoms with Crippen LogP contribution in [0.15, 0.2) is 138 Å². The third-order valence-corrected chi connectivity index (χ3v) is 6.80. The van der Waals surface area contributed by atoms with Crippen LogP contribution in [-0.2, 0) is 16.6 Å². The summed E-state index contributed by atoms with van der Waals surface area (Å²) in [6.07, 6.45) is 13.3. The van der Waals surface area contributed by atoms with Gasteiger partial charge in [-0.25, -0.2) is 10.1 Å². The van der Waals surface area contributed by atoms with Gasteiger partial charge in [0, 0.05) is 30.9 Å². The van der Waals surface area contributed by atoms with E-state index in [1.807, 2.05) is 72.8 Å². The molecule has 9 nitrogen and oxygen atoms in total. The van der Waals surface area contributed by atoms with Crippen LogP contribution in [0.2, 0.25) is 0 Å². The van der Waals surface area contributed by atoms with Crippen molar-refractivity contribution in [2.24, 2.45) is 12.0 Å². The van der Waals surface area contributed by atoms with E-state index in [4.69, 9.17) is 4.74 Å². The number of benzene rings is 2. The predicted molar refractivity (Wildman–Crippen MR) is 155 cm³/mol. The number of aromatic nitrogens is 2. The number of carbonyl (C=O) groups is 2. The maximum absolute atomic E-state index is 13.9. The maximum Gasteiger partial charge on any atom is 0.270 e. The second-order valence-electron chi connectivity index (χ2n) is 9.39. The van der Waals surface area contributed by atoms with Crippen LogP contribution in [0.5, 0.6) is 0 Å². The number of aryl methyl sites for hydroxylation is 1. The minimum Gasteiger partial charge on any atom is -0.494 e. The van der Waals surface area contributed by atoms with Crippen molar-refractivity contribution in [3.8, 4) is 0 Å². The zero-order chi connectivity index (χ0) is 28.8. The van der Waals surface area contributed by atoms with Crippen molar-refractivity contribution in [3.05, 3.63) is 149 Å². The number of hydrogen-bond donors (Lipinski definition) is 2.